The van der Waals surface area contributed by atoms with Gasteiger partial charge in [-0.1, -0.05) is 0 Å². The van der Waals surface area contributed by atoms with E-state index in [1.807, 2.05) is 0 Å². The average molecular weight is 209 g/mol. The smallest absolute Gasteiger partial charge is 0.230 e. The van der Waals surface area contributed by atoms with E-state index in [4.69, 9.17) is 4.42 Å². The number of carbonyl (C=O) groups is 1. The van der Waals surface area contributed by atoms with Crippen molar-refractivity contribution in [2.75, 3.05) is 13.1 Å². The van der Waals surface area contributed by atoms with Crippen LogP contribution in [0.15, 0.2) is 4.42 Å². The van der Waals surface area contributed by atoms with E-state index in [-0.39, 0.29) is 5.92 Å². The molecule has 0 atom stereocenters. The lowest BCUT2D eigenvalue weighted by molar-refractivity contribution is -0.112. The van der Waals surface area contributed by atoms with E-state index in [0.29, 0.717) is 18.3 Å². The van der Waals surface area contributed by atoms with Crippen LogP contribution in [-0.4, -0.2) is 34.5 Å². The van der Waals surface area contributed by atoms with E-state index in [0.717, 1.165) is 32.2 Å². The fourth-order valence-electron chi connectivity index (χ4n) is 1.84. The van der Waals surface area contributed by atoms with Gasteiger partial charge >= 0.3 is 0 Å². The van der Waals surface area contributed by atoms with Gasteiger partial charge in [-0.15, -0.1) is 10.2 Å². The molecule has 0 saturated carbocycles. The first-order chi connectivity index (χ1) is 7.28. The molecule has 1 aliphatic rings. The Hall–Kier alpha value is -1.23. The van der Waals surface area contributed by atoms with Crippen molar-refractivity contribution in [1.82, 2.24) is 15.1 Å². The largest absolute Gasteiger partial charge is 0.424 e. The first-order valence-corrected chi connectivity index (χ1v) is 5.24. The zero-order valence-electron chi connectivity index (χ0n) is 8.85. The maximum atomic E-state index is 10.6. The molecule has 0 N–H and O–H groups in total. The van der Waals surface area contributed by atoms with Gasteiger partial charge in [-0.05, 0) is 25.9 Å². The van der Waals surface area contributed by atoms with Gasteiger partial charge in [0.1, 0.15) is 6.29 Å². The molecular weight excluding hydrogens is 194 g/mol. The van der Waals surface area contributed by atoms with Gasteiger partial charge in [-0.3, -0.25) is 4.90 Å². The maximum absolute atomic E-state index is 10.6. The Labute approximate surface area is 88.5 Å². The predicted octanol–water partition coefficient (Wildman–Crippen LogP) is 0.789. The number of nitrogens with zero attached hydrogens (tertiary/aromatic N) is 3. The van der Waals surface area contributed by atoms with Crippen molar-refractivity contribution >= 4 is 6.29 Å². The lowest BCUT2D eigenvalue weighted by Gasteiger charge is -2.28. The van der Waals surface area contributed by atoms with E-state index < -0.39 is 0 Å². The Morgan fingerprint density at radius 1 is 1.47 bits per heavy atom. The zero-order chi connectivity index (χ0) is 10.7. The lowest BCUT2D eigenvalue weighted by Crippen LogP contribution is -2.33. The van der Waals surface area contributed by atoms with Gasteiger partial charge < -0.3 is 9.21 Å². The van der Waals surface area contributed by atoms with Crippen LogP contribution in [0.4, 0.5) is 0 Å². The van der Waals surface area contributed by atoms with Crippen LogP contribution in [0.3, 0.4) is 0 Å². The molecular formula is C10H15N3O2. The van der Waals surface area contributed by atoms with Gasteiger partial charge in [0, 0.05) is 12.8 Å². The molecule has 5 heteroatoms. The monoisotopic (exact) mass is 209 g/mol. The van der Waals surface area contributed by atoms with Crippen molar-refractivity contribution in [2.45, 2.75) is 26.3 Å². The number of likely N-dealkylation sites (tertiary alicyclic amines) is 1. The Kier molecular flexibility index (Phi) is 3.11. The molecule has 1 aromatic rings. The molecule has 0 amide bonds. The molecule has 2 rings (SSSR count). The Morgan fingerprint density at radius 3 is 2.73 bits per heavy atom. The summed E-state index contributed by atoms with van der Waals surface area (Å²) >= 11 is 0. The minimum atomic E-state index is 0.241. The number of aldehydes is 1. The van der Waals surface area contributed by atoms with Crippen molar-refractivity contribution in [3.63, 3.8) is 0 Å². The first-order valence-electron chi connectivity index (χ1n) is 5.24. The highest BCUT2D eigenvalue weighted by atomic mass is 16.4. The number of carbonyl (C=O) groups excluding carboxylic acids is 1. The molecule has 0 aromatic carbocycles. The quantitative estimate of drug-likeness (QED) is 0.689. The van der Waals surface area contributed by atoms with Crippen LogP contribution in [0, 0.1) is 12.8 Å². The third kappa shape index (κ3) is 2.62. The second-order valence-corrected chi connectivity index (χ2v) is 3.96. The predicted molar refractivity (Wildman–Crippen MR) is 53.1 cm³/mol. The van der Waals surface area contributed by atoms with E-state index in [1.165, 1.54) is 0 Å². The maximum Gasteiger partial charge on any atom is 0.230 e. The van der Waals surface area contributed by atoms with Gasteiger partial charge in [-0.2, -0.15) is 0 Å². The number of hydrogen-bond acceptors (Lipinski definition) is 5. The van der Waals surface area contributed by atoms with E-state index in [2.05, 4.69) is 15.1 Å². The standard InChI is InChI=1S/C10H15N3O2/c1-8-11-12-10(15-8)6-13-4-2-9(7-14)3-5-13/h7,9H,2-6H2,1H3. The third-order valence-corrected chi connectivity index (χ3v) is 2.75. The molecule has 0 spiro atoms. The summed E-state index contributed by atoms with van der Waals surface area (Å²) in [6, 6.07) is 0. The van der Waals surface area contributed by atoms with Gasteiger partial charge in [0.05, 0.1) is 6.54 Å². The van der Waals surface area contributed by atoms with Crippen molar-refractivity contribution in [3.05, 3.63) is 11.8 Å². The fourth-order valence-corrected chi connectivity index (χ4v) is 1.84. The minimum absolute atomic E-state index is 0.241. The first kappa shape index (κ1) is 10.3. The summed E-state index contributed by atoms with van der Waals surface area (Å²) in [7, 11) is 0. The molecule has 0 aliphatic carbocycles. The van der Waals surface area contributed by atoms with Gasteiger partial charge in [0.15, 0.2) is 0 Å². The summed E-state index contributed by atoms with van der Waals surface area (Å²) in [6.07, 6.45) is 2.95. The highest BCUT2D eigenvalue weighted by Crippen LogP contribution is 2.16. The molecule has 0 radical (unpaired) electrons. The third-order valence-electron chi connectivity index (χ3n) is 2.75. The fraction of sp³-hybridized carbons (Fsp3) is 0.700. The molecule has 5 nitrogen and oxygen atoms in total. The Morgan fingerprint density at radius 2 is 2.20 bits per heavy atom. The lowest BCUT2D eigenvalue weighted by atomic mass is 9.99. The molecule has 15 heavy (non-hydrogen) atoms. The van der Waals surface area contributed by atoms with E-state index >= 15 is 0 Å². The number of aromatic nitrogens is 2. The molecule has 1 aliphatic heterocycles. The summed E-state index contributed by atoms with van der Waals surface area (Å²) in [5.74, 6) is 1.51. The van der Waals surface area contributed by atoms with Crippen molar-refractivity contribution < 1.29 is 9.21 Å². The highest BCUT2D eigenvalue weighted by molar-refractivity contribution is 5.53. The van der Waals surface area contributed by atoms with Crippen LogP contribution in [0.25, 0.3) is 0 Å². The second kappa shape index (κ2) is 4.53. The van der Waals surface area contributed by atoms with E-state index in [9.17, 15) is 4.79 Å². The van der Waals surface area contributed by atoms with Crippen LogP contribution < -0.4 is 0 Å². The number of rotatable bonds is 3. The van der Waals surface area contributed by atoms with Gasteiger partial charge in [0.25, 0.3) is 0 Å². The SMILES string of the molecule is Cc1nnc(CN2CCC(C=O)CC2)o1. The molecule has 1 saturated heterocycles. The number of aryl methyl sites for hydroxylation is 1. The summed E-state index contributed by atoms with van der Waals surface area (Å²) < 4.78 is 5.31. The van der Waals surface area contributed by atoms with Crippen LogP contribution >= 0.6 is 0 Å². The van der Waals surface area contributed by atoms with Gasteiger partial charge in [-0.25, -0.2) is 0 Å². The van der Waals surface area contributed by atoms with Crippen molar-refractivity contribution in [1.29, 1.82) is 0 Å². The average Bonchev–Trinajstić information content (AvgIpc) is 2.65. The van der Waals surface area contributed by atoms with Crippen LogP contribution in [-0.2, 0) is 11.3 Å². The topological polar surface area (TPSA) is 59.2 Å². The second-order valence-electron chi connectivity index (χ2n) is 3.96. The Balaban J connectivity index is 1.84. The number of hydrogen-bond donors (Lipinski definition) is 0. The number of piperidine rings is 1. The van der Waals surface area contributed by atoms with E-state index in [1.54, 1.807) is 6.92 Å². The van der Waals surface area contributed by atoms with Crippen LogP contribution in [0.5, 0.6) is 0 Å². The molecule has 82 valence electrons. The molecule has 1 fully saturated rings. The zero-order valence-corrected chi connectivity index (χ0v) is 8.85. The van der Waals surface area contributed by atoms with Crippen LogP contribution in [0.1, 0.15) is 24.6 Å². The molecule has 0 bridgehead atoms. The molecule has 1 aromatic heterocycles. The van der Waals surface area contributed by atoms with Crippen molar-refractivity contribution in [3.8, 4) is 0 Å². The normalized spacial score (nSPS) is 19.3. The summed E-state index contributed by atoms with van der Waals surface area (Å²) in [4.78, 5) is 12.8. The molecule has 0 unspecified atom stereocenters. The summed E-state index contributed by atoms with van der Waals surface area (Å²) in [5.41, 5.74) is 0. The molecule has 2 heterocycles. The summed E-state index contributed by atoms with van der Waals surface area (Å²) in [6.45, 7) is 4.36. The summed E-state index contributed by atoms with van der Waals surface area (Å²) in [5, 5.41) is 7.73. The minimum Gasteiger partial charge on any atom is -0.424 e. The highest BCUT2D eigenvalue weighted by Gasteiger charge is 2.19. The van der Waals surface area contributed by atoms with Gasteiger partial charge in [0.2, 0.25) is 11.8 Å². The van der Waals surface area contributed by atoms with Crippen LogP contribution in [0.2, 0.25) is 0 Å². The Bertz CT molecular complexity index is 329. The van der Waals surface area contributed by atoms with Crippen molar-refractivity contribution in [2.24, 2.45) is 5.92 Å².